The van der Waals surface area contributed by atoms with E-state index < -0.39 is 0 Å². The number of carbonyl (C=O) groups excluding carboxylic acids is 2. The molecule has 0 radical (unpaired) electrons. The zero-order valence-electron chi connectivity index (χ0n) is 15.9. The molecule has 2 aromatic rings. The molecular weight excluding hydrogens is 359 g/mol. The molecular formula is C22H25FN2O3. The lowest BCUT2D eigenvalue weighted by Crippen LogP contribution is -2.50. The molecule has 3 rings (SSSR count). The van der Waals surface area contributed by atoms with Crippen molar-refractivity contribution in [2.45, 2.75) is 19.3 Å². The van der Waals surface area contributed by atoms with Crippen LogP contribution in [0.15, 0.2) is 54.6 Å². The first-order valence-electron chi connectivity index (χ1n) is 9.59. The van der Waals surface area contributed by atoms with E-state index in [0.29, 0.717) is 52.0 Å². The van der Waals surface area contributed by atoms with Gasteiger partial charge in [-0.2, -0.15) is 0 Å². The van der Waals surface area contributed by atoms with Crippen molar-refractivity contribution in [3.63, 3.8) is 0 Å². The fourth-order valence-corrected chi connectivity index (χ4v) is 3.20. The summed E-state index contributed by atoms with van der Waals surface area (Å²) in [6, 6.07) is 15.7. The van der Waals surface area contributed by atoms with Gasteiger partial charge in [0.1, 0.15) is 11.6 Å². The maximum absolute atomic E-state index is 12.9. The topological polar surface area (TPSA) is 49.9 Å². The van der Waals surface area contributed by atoms with Gasteiger partial charge in [-0.25, -0.2) is 4.39 Å². The molecule has 1 heterocycles. The molecule has 6 heteroatoms. The number of amides is 2. The average Bonchev–Trinajstić information content (AvgIpc) is 2.74. The highest BCUT2D eigenvalue weighted by Crippen LogP contribution is 2.11. The Morgan fingerprint density at radius 3 is 2.00 bits per heavy atom. The highest BCUT2D eigenvalue weighted by Gasteiger charge is 2.23. The smallest absolute Gasteiger partial charge is 0.226 e. The number of aryl methyl sites for hydroxylation is 1. The second-order valence-corrected chi connectivity index (χ2v) is 6.80. The van der Waals surface area contributed by atoms with Crippen molar-refractivity contribution in [2.24, 2.45) is 0 Å². The summed E-state index contributed by atoms with van der Waals surface area (Å²) in [5.74, 6) is 0.607. The number of piperazine rings is 1. The SMILES string of the molecule is O=C(CCOc1ccccc1)N1CCN(C(=O)CCc2ccc(F)cc2)CC1. The zero-order valence-corrected chi connectivity index (χ0v) is 15.9. The number of hydrogen-bond donors (Lipinski definition) is 0. The number of benzene rings is 2. The number of rotatable bonds is 7. The van der Waals surface area contributed by atoms with Crippen LogP contribution in [0, 0.1) is 5.82 Å². The Balaban J connectivity index is 1.35. The maximum atomic E-state index is 12.9. The molecule has 0 unspecified atom stereocenters. The molecule has 0 aliphatic carbocycles. The van der Waals surface area contributed by atoms with E-state index in [1.54, 1.807) is 21.9 Å². The maximum Gasteiger partial charge on any atom is 0.226 e. The van der Waals surface area contributed by atoms with E-state index in [0.717, 1.165) is 11.3 Å². The summed E-state index contributed by atoms with van der Waals surface area (Å²) in [5, 5.41) is 0. The molecule has 2 aromatic carbocycles. The van der Waals surface area contributed by atoms with Gasteiger partial charge >= 0.3 is 0 Å². The number of para-hydroxylation sites is 1. The van der Waals surface area contributed by atoms with Crippen LogP contribution in [0.1, 0.15) is 18.4 Å². The minimum Gasteiger partial charge on any atom is -0.493 e. The van der Waals surface area contributed by atoms with E-state index >= 15 is 0 Å². The lowest BCUT2D eigenvalue weighted by Gasteiger charge is -2.35. The molecule has 1 aliphatic heterocycles. The van der Waals surface area contributed by atoms with E-state index in [2.05, 4.69) is 0 Å². The van der Waals surface area contributed by atoms with Crippen LogP contribution in [-0.4, -0.2) is 54.4 Å². The summed E-state index contributed by atoms with van der Waals surface area (Å²) in [5.41, 5.74) is 0.946. The third-order valence-corrected chi connectivity index (χ3v) is 4.85. The molecule has 28 heavy (non-hydrogen) atoms. The molecule has 0 saturated carbocycles. The molecule has 1 fully saturated rings. The van der Waals surface area contributed by atoms with Gasteiger partial charge in [0, 0.05) is 32.6 Å². The van der Waals surface area contributed by atoms with Gasteiger partial charge in [0.2, 0.25) is 11.8 Å². The summed E-state index contributed by atoms with van der Waals surface area (Å²) in [4.78, 5) is 28.3. The molecule has 1 saturated heterocycles. The fourth-order valence-electron chi connectivity index (χ4n) is 3.20. The van der Waals surface area contributed by atoms with Crippen molar-refractivity contribution < 1.29 is 18.7 Å². The van der Waals surface area contributed by atoms with Crippen LogP contribution < -0.4 is 4.74 Å². The first-order chi connectivity index (χ1) is 13.6. The normalized spacial score (nSPS) is 14.0. The minimum absolute atomic E-state index is 0.0503. The Labute approximate surface area is 164 Å². The van der Waals surface area contributed by atoms with Gasteiger partial charge in [-0.05, 0) is 36.2 Å². The van der Waals surface area contributed by atoms with Crippen LogP contribution in [0.3, 0.4) is 0 Å². The molecule has 1 aliphatic rings. The molecule has 0 bridgehead atoms. The molecule has 0 aromatic heterocycles. The minimum atomic E-state index is -0.273. The molecule has 148 valence electrons. The number of nitrogens with zero attached hydrogens (tertiary/aromatic N) is 2. The van der Waals surface area contributed by atoms with Crippen LogP contribution in [0.4, 0.5) is 4.39 Å². The van der Waals surface area contributed by atoms with Gasteiger partial charge in [-0.15, -0.1) is 0 Å². The first-order valence-corrected chi connectivity index (χ1v) is 9.59. The standard InChI is InChI=1S/C22H25FN2O3/c23-19-9-6-18(7-10-19)8-11-21(26)24-13-15-25(16-14-24)22(27)12-17-28-20-4-2-1-3-5-20/h1-7,9-10H,8,11-17H2. The van der Waals surface area contributed by atoms with Crippen molar-refractivity contribution in [1.82, 2.24) is 9.80 Å². The van der Waals surface area contributed by atoms with Crippen molar-refractivity contribution in [2.75, 3.05) is 32.8 Å². The average molecular weight is 384 g/mol. The molecule has 0 spiro atoms. The van der Waals surface area contributed by atoms with Crippen molar-refractivity contribution in [3.05, 3.63) is 66.0 Å². The lowest BCUT2D eigenvalue weighted by atomic mass is 10.1. The summed E-state index contributed by atoms with van der Waals surface area (Å²) < 4.78 is 18.5. The fraction of sp³-hybridized carbons (Fsp3) is 0.364. The van der Waals surface area contributed by atoms with Crippen LogP contribution >= 0.6 is 0 Å². The Hall–Kier alpha value is -2.89. The predicted molar refractivity (Wildman–Crippen MR) is 104 cm³/mol. The Bertz CT molecular complexity index is 772. The molecule has 2 amide bonds. The van der Waals surface area contributed by atoms with Gasteiger partial charge in [0.15, 0.2) is 0 Å². The van der Waals surface area contributed by atoms with Gasteiger partial charge in [-0.3, -0.25) is 9.59 Å². The van der Waals surface area contributed by atoms with E-state index in [9.17, 15) is 14.0 Å². The summed E-state index contributed by atoms with van der Waals surface area (Å²) in [6.07, 6.45) is 1.31. The Morgan fingerprint density at radius 2 is 1.39 bits per heavy atom. The van der Waals surface area contributed by atoms with Gasteiger partial charge in [-0.1, -0.05) is 30.3 Å². The van der Waals surface area contributed by atoms with Gasteiger partial charge < -0.3 is 14.5 Å². The summed E-state index contributed by atoms with van der Waals surface area (Å²) in [7, 11) is 0. The first kappa shape index (κ1) is 19.9. The Kier molecular flexibility index (Phi) is 7.00. The van der Waals surface area contributed by atoms with Crippen molar-refractivity contribution >= 4 is 11.8 Å². The predicted octanol–water partition coefficient (Wildman–Crippen LogP) is 2.90. The highest BCUT2D eigenvalue weighted by molar-refractivity contribution is 5.78. The second-order valence-electron chi connectivity index (χ2n) is 6.80. The second kappa shape index (κ2) is 9.88. The Morgan fingerprint density at radius 1 is 0.821 bits per heavy atom. The number of hydrogen-bond acceptors (Lipinski definition) is 3. The molecule has 0 atom stereocenters. The van der Waals surface area contributed by atoms with Gasteiger partial charge in [0.25, 0.3) is 0 Å². The van der Waals surface area contributed by atoms with E-state index in [1.165, 1.54) is 12.1 Å². The van der Waals surface area contributed by atoms with E-state index in [1.807, 2.05) is 30.3 Å². The lowest BCUT2D eigenvalue weighted by molar-refractivity contribution is -0.139. The van der Waals surface area contributed by atoms with Crippen molar-refractivity contribution in [3.8, 4) is 5.75 Å². The monoisotopic (exact) mass is 384 g/mol. The quantitative estimate of drug-likeness (QED) is 0.738. The number of carbonyl (C=O) groups is 2. The third kappa shape index (κ3) is 5.81. The zero-order chi connectivity index (χ0) is 19.8. The number of ether oxygens (including phenoxy) is 1. The van der Waals surface area contributed by atoms with Crippen molar-refractivity contribution in [1.29, 1.82) is 0 Å². The van der Waals surface area contributed by atoms with Gasteiger partial charge in [0.05, 0.1) is 13.0 Å². The third-order valence-electron chi connectivity index (χ3n) is 4.85. The summed E-state index contributed by atoms with van der Waals surface area (Å²) >= 11 is 0. The van der Waals surface area contributed by atoms with Crippen LogP contribution in [0.2, 0.25) is 0 Å². The van der Waals surface area contributed by atoms with E-state index in [-0.39, 0.29) is 17.6 Å². The highest BCUT2D eigenvalue weighted by atomic mass is 19.1. The largest absolute Gasteiger partial charge is 0.493 e. The molecule has 0 N–H and O–H groups in total. The van der Waals surface area contributed by atoms with Crippen LogP contribution in [-0.2, 0) is 16.0 Å². The van der Waals surface area contributed by atoms with Crippen LogP contribution in [0.5, 0.6) is 5.75 Å². The van der Waals surface area contributed by atoms with Crippen LogP contribution in [0.25, 0.3) is 0 Å². The summed E-state index contributed by atoms with van der Waals surface area (Å²) in [6.45, 7) is 2.54. The molecule has 5 nitrogen and oxygen atoms in total. The van der Waals surface area contributed by atoms with E-state index in [4.69, 9.17) is 4.74 Å². The number of halogens is 1.